The Morgan fingerprint density at radius 1 is 1.03 bits per heavy atom. The normalized spacial score (nSPS) is 18.0. The molecule has 0 spiro atoms. The Morgan fingerprint density at radius 2 is 1.62 bits per heavy atom. The SMILES string of the molecule is Cc1ccc(C2=C(c3ccc(O)cc3)CCC(C(=O)NC(CO)C(C)C)C2)cc1. The van der Waals surface area contributed by atoms with Gasteiger partial charge in [0.25, 0.3) is 0 Å². The van der Waals surface area contributed by atoms with E-state index in [-0.39, 0.29) is 36.1 Å². The molecule has 0 aromatic heterocycles. The minimum Gasteiger partial charge on any atom is -0.508 e. The number of carbonyl (C=O) groups excluding carboxylic acids is 1. The molecule has 0 fully saturated rings. The molecule has 2 aromatic rings. The monoisotopic (exact) mass is 393 g/mol. The second-order valence-electron chi connectivity index (χ2n) is 8.35. The third-order valence-electron chi connectivity index (χ3n) is 5.87. The molecule has 0 aliphatic heterocycles. The summed E-state index contributed by atoms with van der Waals surface area (Å²) in [5.41, 5.74) is 5.85. The maximum Gasteiger partial charge on any atom is 0.223 e. The number of aryl methyl sites for hydroxylation is 1. The van der Waals surface area contributed by atoms with Crippen molar-refractivity contribution in [2.45, 2.75) is 46.1 Å². The number of amides is 1. The third kappa shape index (κ3) is 5.07. The maximum atomic E-state index is 12.9. The van der Waals surface area contributed by atoms with E-state index in [2.05, 4.69) is 36.5 Å². The number of aromatic hydroxyl groups is 1. The number of hydrogen-bond donors (Lipinski definition) is 3. The third-order valence-corrected chi connectivity index (χ3v) is 5.87. The average molecular weight is 394 g/mol. The van der Waals surface area contributed by atoms with Crippen LogP contribution in [0, 0.1) is 18.8 Å². The van der Waals surface area contributed by atoms with Crippen LogP contribution in [0.25, 0.3) is 11.1 Å². The van der Waals surface area contributed by atoms with Crippen molar-refractivity contribution in [1.29, 1.82) is 0 Å². The van der Waals surface area contributed by atoms with Crippen LogP contribution in [0.4, 0.5) is 0 Å². The highest BCUT2D eigenvalue weighted by molar-refractivity contribution is 5.94. The van der Waals surface area contributed by atoms with Gasteiger partial charge < -0.3 is 15.5 Å². The number of hydrogen-bond acceptors (Lipinski definition) is 3. The van der Waals surface area contributed by atoms with Crippen LogP contribution in [-0.2, 0) is 4.79 Å². The molecule has 0 bridgehead atoms. The molecule has 3 rings (SSSR count). The van der Waals surface area contributed by atoms with E-state index in [1.807, 2.05) is 26.0 Å². The zero-order valence-electron chi connectivity index (χ0n) is 17.5. The number of allylic oxidation sites excluding steroid dienone is 2. The Morgan fingerprint density at radius 3 is 2.21 bits per heavy atom. The molecule has 4 heteroatoms. The Kier molecular flexibility index (Phi) is 6.75. The van der Waals surface area contributed by atoms with E-state index in [0.717, 1.165) is 24.0 Å². The maximum absolute atomic E-state index is 12.9. The van der Waals surface area contributed by atoms with Crippen molar-refractivity contribution in [3.05, 3.63) is 65.2 Å². The first-order valence-corrected chi connectivity index (χ1v) is 10.4. The standard InChI is InChI=1S/C25H31NO3/c1-16(2)24(15-27)26-25(29)20-10-13-22(18-8-11-21(28)12-9-18)23(14-20)19-6-4-17(3)5-7-19/h4-9,11-12,16,20,24,27-28H,10,13-15H2,1-3H3,(H,26,29). The molecular weight excluding hydrogens is 362 g/mol. The van der Waals surface area contributed by atoms with Crippen molar-refractivity contribution in [3.63, 3.8) is 0 Å². The van der Waals surface area contributed by atoms with Crippen LogP contribution in [-0.4, -0.2) is 28.8 Å². The zero-order valence-corrected chi connectivity index (χ0v) is 17.5. The summed E-state index contributed by atoms with van der Waals surface area (Å²) in [6.45, 7) is 6.03. The highest BCUT2D eigenvalue weighted by atomic mass is 16.3. The Labute approximate surface area is 173 Å². The molecule has 0 heterocycles. The van der Waals surface area contributed by atoms with Crippen molar-refractivity contribution in [2.24, 2.45) is 11.8 Å². The van der Waals surface area contributed by atoms with Crippen molar-refractivity contribution in [3.8, 4) is 5.75 Å². The lowest BCUT2D eigenvalue weighted by atomic mass is 9.78. The van der Waals surface area contributed by atoms with Crippen molar-refractivity contribution in [2.75, 3.05) is 6.61 Å². The van der Waals surface area contributed by atoms with Gasteiger partial charge in [-0.05, 0) is 66.5 Å². The Hall–Kier alpha value is -2.59. The van der Waals surface area contributed by atoms with Crippen LogP contribution in [0.3, 0.4) is 0 Å². The van der Waals surface area contributed by atoms with Gasteiger partial charge >= 0.3 is 0 Å². The van der Waals surface area contributed by atoms with E-state index < -0.39 is 0 Å². The first kappa shape index (κ1) is 21.1. The summed E-state index contributed by atoms with van der Waals surface area (Å²) in [5.74, 6) is 0.349. The molecule has 2 atom stereocenters. The smallest absolute Gasteiger partial charge is 0.223 e. The molecule has 29 heavy (non-hydrogen) atoms. The van der Waals surface area contributed by atoms with Gasteiger partial charge in [-0.1, -0.05) is 55.8 Å². The molecule has 0 radical (unpaired) electrons. The lowest BCUT2D eigenvalue weighted by molar-refractivity contribution is -0.126. The summed E-state index contributed by atoms with van der Waals surface area (Å²) in [7, 11) is 0. The second kappa shape index (κ2) is 9.27. The van der Waals surface area contributed by atoms with Crippen LogP contribution < -0.4 is 5.32 Å². The molecule has 1 aliphatic rings. The average Bonchev–Trinajstić information content (AvgIpc) is 2.72. The van der Waals surface area contributed by atoms with Crippen LogP contribution in [0.1, 0.15) is 49.8 Å². The quantitative estimate of drug-likeness (QED) is 0.675. The molecule has 1 aliphatic carbocycles. The number of nitrogens with one attached hydrogen (secondary N) is 1. The zero-order chi connectivity index (χ0) is 21.0. The number of phenols is 1. The van der Waals surface area contributed by atoms with Crippen LogP contribution >= 0.6 is 0 Å². The molecule has 2 unspecified atom stereocenters. The molecule has 0 saturated carbocycles. The molecule has 154 valence electrons. The van der Waals surface area contributed by atoms with Gasteiger partial charge in [0.1, 0.15) is 5.75 Å². The highest BCUT2D eigenvalue weighted by Crippen LogP contribution is 2.41. The number of phenolic OH excluding ortho intramolecular Hbond substituents is 1. The number of aliphatic hydroxyl groups excluding tert-OH is 1. The fourth-order valence-electron chi connectivity index (χ4n) is 3.92. The van der Waals surface area contributed by atoms with Gasteiger partial charge in [0, 0.05) is 5.92 Å². The molecular formula is C25H31NO3. The van der Waals surface area contributed by atoms with Crippen LogP contribution in [0.2, 0.25) is 0 Å². The second-order valence-corrected chi connectivity index (χ2v) is 8.35. The summed E-state index contributed by atoms with van der Waals surface area (Å²) >= 11 is 0. The van der Waals surface area contributed by atoms with Crippen LogP contribution in [0.15, 0.2) is 48.5 Å². The largest absolute Gasteiger partial charge is 0.508 e. The lowest BCUT2D eigenvalue weighted by Crippen LogP contribution is -2.44. The van der Waals surface area contributed by atoms with Crippen molar-refractivity contribution in [1.82, 2.24) is 5.32 Å². The van der Waals surface area contributed by atoms with Gasteiger partial charge in [0.05, 0.1) is 12.6 Å². The number of benzene rings is 2. The van der Waals surface area contributed by atoms with Crippen LogP contribution in [0.5, 0.6) is 5.75 Å². The van der Waals surface area contributed by atoms with Gasteiger partial charge in [-0.25, -0.2) is 0 Å². The Balaban J connectivity index is 1.92. The van der Waals surface area contributed by atoms with Gasteiger partial charge in [-0.15, -0.1) is 0 Å². The van der Waals surface area contributed by atoms with Crippen molar-refractivity contribution < 1.29 is 15.0 Å². The van der Waals surface area contributed by atoms with Gasteiger partial charge in [0.2, 0.25) is 5.91 Å². The minimum atomic E-state index is -0.215. The van der Waals surface area contributed by atoms with E-state index in [1.165, 1.54) is 16.7 Å². The van der Waals surface area contributed by atoms with E-state index in [4.69, 9.17) is 0 Å². The summed E-state index contributed by atoms with van der Waals surface area (Å²) in [5, 5.41) is 22.2. The predicted octanol–water partition coefficient (Wildman–Crippen LogP) is 4.54. The van der Waals surface area contributed by atoms with E-state index in [1.54, 1.807) is 12.1 Å². The molecule has 4 nitrogen and oxygen atoms in total. The van der Waals surface area contributed by atoms with Gasteiger partial charge in [-0.2, -0.15) is 0 Å². The molecule has 0 saturated heterocycles. The topological polar surface area (TPSA) is 69.6 Å². The first-order valence-electron chi connectivity index (χ1n) is 10.4. The summed E-state index contributed by atoms with van der Waals surface area (Å²) < 4.78 is 0. The number of aliphatic hydroxyl groups is 1. The fourth-order valence-corrected chi connectivity index (χ4v) is 3.92. The summed E-state index contributed by atoms with van der Waals surface area (Å²) in [6.07, 6.45) is 2.24. The van der Waals surface area contributed by atoms with Crippen molar-refractivity contribution >= 4 is 17.1 Å². The molecule has 3 N–H and O–H groups in total. The van der Waals surface area contributed by atoms with Gasteiger partial charge in [0.15, 0.2) is 0 Å². The molecule has 2 aromatic carbocycles. The first-order chi connectivity index (χ1) is 13.9. The number of rotatable bonds is 6. The molecule has 1 amide bonds. The van der Waals surface area contributed by atoms with E-state index >= 15 is 0 Å². The lowest BCUT2D eigenvalue weighted by Gasteiger charge is -2.29. The highest BCUT2D eigenvalue weighted by Gasteiger charge is 2.29. The van der Waals surface area contributed by atoms with E-state index in [9.17, 15) is 15.0 Å². The number of carbonyl (C=O) groups is 1. The predicted molar refractivity (Wildman–Crippen MR) is 117 cm³/mol. The summed E-state index contributed by atoms with van der Waals surface area (Å²) in [6, 6.07) is 15.5. The fraction of sp³-hybridized carbons (Fsp3) is 0.400. The summed E-state index contributed by atoms with van der Waals surface area (Å²) in [4.78, 5) is 12.9. The Bertz CT molecular complexity index is 866. The minimum absolute atomic E-state index is 0.0205. The van der Waals surface area contributed by atoms with E-state index in [0.29, 0.717) is 6.42 Å². The van der Waals surface area contributed by atoms with Gasteiger partial charge in [-0.3, -0.25) is 4.79 Å².